The van der Waals surface area contributed by atoms with Crippen LogP contribution in [0.4, 0.5) is 24.5 Å². The number of benzene rings is 2. The highest BCUT2D eigenvalue weighted by molar-refractivity contribution is 5.91. The number of non-ortho nitro benzene ring substituents is 1. The molecule has 1 amide bonds. The Labute approximate surface area is 158 Å². The van der Waals surface area contributed by atoms with E-state index < -0.39 is 17.7 Å². The van der Waals surface area contributed by atoms with Crippen molar-refractivity contribution in [3.05, 3.63) is 58.1 Å². The third-order valence-corrected chi connectivity index (χ3v) is 3.60. The lowest BCUT2D eigenvalue weighted by Crippen LogP contribution is -2.19. The van der Waals surface area contributed by atoms with Gasteiger partial charge in [-0.25, -0.2) is 0 Å². The van der Waals surface area contributed by atoms with Crippen molar-refractivity contribution < 1.29 is 32.4 Å². The zero-order valence-electron chi connectivity index (χ0n) is 14.8. The Balaban J connectivity index is 1.95. The van der Waals surface area contributed by atoms with E-state index in [1.165, 1.54) is 49.6 Å². The molecule has 7 nitrogen and oxygen atoms in total. The Morgan fingerprint density at radius 1 is 1.18 bits per heavy atom. The number of nitro benzene ring substituents is 1. The molecule has 0 aliphatic heterocycles. The molecular weight excluding hydrogens is 381 g/mol. The number of carbonyl (C=O) groups excluding carboxylic acids is 1. The van der Waals surface area contributed by atoms with Gasteiger partial charge in [-0.3, -0.25) is 14.9 Å². The molecule has 0 saturated carbocycles. The molecule has 2 aromatic carbocycles. The fourth-order valence-corrected chi connectivity index (χ4v) is 2.32. The Hall–Kier alpha value is -3.30. The minimum Gasteiger partial charge on any atom is -0.493 e. The fraction of sp³-hybridized carbons (Fsp3) is 0.278. The van der Waals surface area contributed by atoms with Gasteiger partial charge in [0.2, 0.25) is 5.91 Å². The van der Waals surface area contributed by atoms with E-state index in [1.807, 2.05) is 0 Å². The smallest absolute Gasteiger partial charge is 0.422 e. The summed E-state index contributed by atoms with van der Waals surface area (Å²) in [6.45, 7) is -1.44. The van der Waals surface area contributed by atoms with Crippen LogP contribution >= 0.6 is 0 Å². The van der Waals surface area contributed by atoms with Crippen LogP contribution in [0.1, 0.15) is 12.0 Å². The van der Waals surface area contributed by atoms with Gasteiger partial charge in [0.25, 0.3) is 5.69 Å². The van der Waals surface area contributed by atoms with Crippen LogP contribution in [0.25, 0.3) is 0 Å². The standard InChI is InChI=1S/C18H17F3N2O5/c1-27-16-9-12(5-7-15(16)28-11-18(19,20)21)6-8-17(24)22-13-3-2-4-14(10-13)23(25)26/h2-5,7,9-10H,6,8,11H2,1H3,(H,22,24). The van der Waals surface area contributed by atoms with Gasteiger partial charge in [0.05, 0.1) is 12.0 Å². The first-order valence-electron chi connectivity index (χ1n) is 8.09. The summed E-state index contributed by atoms with van der Waals surface area (Å²) in [5.41, 5.74) is 0.815. The zero-order valence-corrected chi connectivity index (χ0v) is 14.8. The number of carbonyl (C=O) groups is 1. The van der Waals surface area contributed by atoms with E-state index in [1.54, 1.807) is 0 Å². The van der Waals surface area contributed by atoms with E-state index in [0.29, 0.717) is 11.3 Å². The monoisotopic (exact) mass is 398 g/mol. The van der Waals surface area contributed by atoms with E-state index in [4.69, 9.17) is 9.47 Å². The molecule has 0 atom stereocenters. The average Bonchev–Trinajstić information content (AvgIpc) is 2.64. The second kappa shape index (κ2) is 9.07. The Kier molecular flexibility index (Phi) is 6.80. The number of halogens is 3. The Bertz CT molecular complexity index is 855. The number of alkyl halides is 3. The highest BCUT2D eigenvalue weighted by Gasteiger charge is 2.29. The number of amides is 1. The number of methoxy groups -OCH3 is 1. The molecule has 1 N–H and O–H groups in total. The zero-order chi connectivity index (χ0) is 20.7. The van der Waals surface area contributed by atoms with E-state index >= 15 is 0 Å². The van der Waals surface area contributed by atoms with E-state index in [2.05, 4.69) is 5.32 Å². The number of hydrogen-bond acceptors (Lipinski definition) is 5. The summed E-state index contributed by atoms with van der Waals surface area (Å²) in [6.07, 6.45) is -4.11. The van der Waals surface area contributed by atoms with Gasteiger partial charge < -0.3 is 14.8 Å². The van der Waals surface area contributed by atoms with Crippen molar-refractivity contribution in [1.82, 2.24) is 0 Å². The van der Waals surface area contributed by atoms with Crippen molar-refractivity contribution in [2.24, 2.45) is 0 Å². The van der Waals surface area contributed by atoms with Gasteiger partial charge in [0, 0.05) is 24.2 Å². The largest absolute Gasteiger partial charge is 0.493 e. The second-order valence-corrected chi connectivity index (χ2v) is 5.74. The predicted octanol–water partition coefficient (Wildman–Crippen LogP) is 4.12. The van der Waals surface area contributed by atoms with Crippen LogP contribution in [0.15, 0.2) is 42.5 Å². The molecule has 0 fully saturated rings. The van der Waals surface area contributed by atoms with Gasteiger partial charge in [-0.2, -0.15) is 13.2 Å². The quantitative estimate of drug-likeness (QED) is 0.534. The summed E-state index contributed by atoms with van der Waals surface area (Å²) in [6, 6.07) is 9.91. The summed E-state index contributed by atoms with van der Waals surface area (Å²) in [7, 11) is 1.30. The van der Waals surface area contributed by atoms with Crippen molar-refractivity contribution in [1.29, 1.82) is 0 Å². The molecule has 0 radical (unpaired) electrons. The lowest BCUT2D eigenvalue weighted by atomic mass is 10.1. The molecule has 0 bridgehead atoms. The van der Waals surface area contributed by atoms with Gasteiger partial charge in [-0.15, -0.1) is 0 Å². The minimum absolute atomic E-state index is 0.0513. The van der Waals surface area contributed by atoms with Gasteiger partial charge in [-0.05, 0) is 30.2 Å². The molecule has 2 aromatic rings. The molecular formula is C18H17F3N2O5. The molecule has 0 aliphatic carbocycles. The number of hydrogen-bond donors (Lipinski definition) is 1. The molecule has 0 unspecified atom stereocenters. The molecule has 10 heteroatoms. The SMILES string of the molecule is COc1cc(CCC(=O)Nc2cccc([N+](=O)[O-])c2)ccc1OCC(F)(F)F. The molecule has 2 rings (SSSR count). The predicted molar refractivity (Wildman–Crippen MR) is 94.6 cm³/mol. The molecule has 0 spiro atoms. The van der Waals surface area contributed by atoms with Crippen molar-refractivity contribution in [3.63, 3.8) is 0 Å². The number of nitrogens with zero attached hydrogens (tertiary/aromatic N) is 1. The van der Waals surface area contributed by atoms with Crippen LogP contribution in [0.3, 0.4) is 0 Å². The first-order valence-corrected chi connectivity index (χ1v) is 8.09. The lowest BCUT2D eigenvalue weighted by Gasteiger charge is -2.13. The van der Waals surface area contributed by atoms with Crippen LogP contribution in [0.2, 0.25) is 0 Å². The van der Waals surface area contributed by atoms with Crippen molar-refractivity contribution in [2.45, 2.75) is 19.0 Å². The summed E-state index contributed by atoms with van der Waals surface area (Å²) in [4.78, 5) is 22.2. The van der Waals surface area contributed by atoms with Crippen molar-refractivity contribution >= 4 is 17.3 Å². The van der Waals surface area contributed by atoms with Crippen LogP contribution in [-0.4, -0.2) is 30.7 Å². The van der Waals surface area contributed by atoms with Crippen LogP contribution < -0.4 is 14.8 Å². The maximum Gasteiger partial charge on any atom is 0.422 e. The van der Waals surface area contributed by atoms with Gasteiger partial charge >= 0.3 is 6.18 Å². The van der Waals surface area contributed by atoms with Gasteiger partial charge in [0.15, 0.2) is 18.1 Å². The highest BCUT2D eigenvalue weighted by atomic mass is 19.4. The maximum atomic E-state index is 12.3. The van der Waals surface area contributed by atoms with Crippen LogP contribution in [0.5, 0.6) is 11.5 Å². The molecule has 0 saturated heterocycles. The molecule has 0 aromatic heterocycles. The van der Waals surface area contributed by atoms with Crippen LogP contribution in [0, 0.1) is 10.1 Å². The van der Waals surface area contributed by atoms with E-state index in [9.17, 15) is 28.1 Å². The highest BCUT2D eigenvalue weighted by Crippen LogP contribution is 2.30. The Morgan fingerprint density at radius 3 is 2.57 bits per heavy atom. The first-order chi connectivity index (χ1) is 13.2. The van der Waals surface area contributed by atoms with Gasteiger partial charge in [-0.1, -0.05) is 12.1 Å². The summed E-state index contributed by atoms with van der Waals surface area (Å²) >= 11 is 0. The third-order valence-electron chi connectivity index (χ3n) is 3.60. The van der Waals surface area contributed by atoms with E-state index in [-0.39, 0.29) is 35.9 Å². The third kappa shape index (κ3) is 6.45. The van der Waals surface area contributed by atoms with Crippen molar-refractivity contribution in [3.8, 4) is 11.5 Å². The average molecular weight is 398 g/mol. The fourth-order valence-electron chi connectivity index (χ4n) is 2.32. The topological polar surface area (TPSA) is 90.7 Å². The second-order valence-electron chi connectivity index (χ2n) is 5.74. The number of rotatable bonds is 8. The van der Waals surface area contributed by atoms with E-state index in [0.717, 1.165) is 0 Å². The number of anilines is 1. The van der Waals surface area contributed by atoms with Gasteiger partial charge in [0.1, 0.15) is 0 Å². The normalized spacial score (nSPS) is 11.0. The molecule has 0 aliphatic rings. The summed E-state index contributed by atoms with van der Waals surface area (Å²) in [5.74, 6) is -0.290. The Morgan fingerprint density at radius 2 is 1.93 bits per heavy atom. The molecule has 150 valence electrons. The number of ether oxygens (including phenoxy) is 2. The molecule has 0 heterocycles. The molecule has 28 heavy (non-hydrogen) atoms. The van der Waals surface area contributed by atoms with Crippen molar-refractivity contribution in [2.75, 3.05) is 19.0 Å². The number of nitro groups is 1. The minimum atomic E-state index is -4.46. The summed E-state index contributed by atoms with van der Waals surface area (Å²) in [5, 5.41) is 13.3. The number of aryl methyl sites for hydroxylation is 1. The summed E-state index contributed by atoms with van der Waals surface area (Å²) < 4.78 is 46.5. The maximum absolute atomic E-state index is 12.3. The lowest BCUT2D eigenvalue weighted by molar-refractivity contribution is -0.384. The first kappa shape index (κ1) is 21.0. The number of nitrogens with one attached hydrogen (secondary N) is 1. The van der Waals surface area contributed by atoms with Crippen LogP contribution in [-0.2, 0) is 11.2 Å².